The van der Waals surface area contributed by atoms with Crippen molar-refractivity contribution in [3.63, 3.8) is 0 Å². The van der Waals surface area contributed by atoms with E-state index in [0.717, 1.165) is 91.0 Å². The van der Waals surface area contributed by atoms with Crippen LogP contribution in [0.2, 0.25) is 0 Å². The van der Waals surface area contributed by atoms with Crippen molar-refractivity contribution >= 4 is 5.96 Å². The van der Waals surface area contributed by atoms with E-state index in [9.17, 15) is 0 Å². The van der Waals surface area contributed by atoms with Gasteiger partial charge in [-0.15, -0.1) is 0 Å². The lowest BCUT2D eigenvalue weighted by molar-refractivity contribution is 0.0205. The van der Waals surface area contributed by atoms with Crippen LogP contribution in [0.15, 0.2) is 4.99 Å². The molecule has 1 N–H and O–H groups in total. The fourth-order valence-electron chi connectivity index (χ4n) is 3.39. The maximum atomic E-state index is 5.83. The SMILES string of the molecule is CCNC(=NCCCOCC1CCOCC1)N1CCC(COCC)C1. The average Bonchev–Trinajstić information content (AvgIpc) is 3.11. The molecule has 2 aliphatic heterocycles. The third-order valence-electron chi connectivity index (χ3n) is 4.88. The summed E-state index contributed by atoms with van der Waals surface area (Å²) < 4.78 is 16.8. The number of rotatable bonds is 10. The summed E-state index contributed by atoms with van der Waals surface area (Å²) in [6.07, 6.45) is 4.45. The lowest BCUT2D eigenvalue weighted by atomic mass is 10.0. The van der Waals surface area contributed by atoms with Gasteiger partial charge in [0.1, 0.15) is 0 Å². The highest BCUT2D eigenvalue weighted by atomic mass is 16.5. The summed E-state index contributed by atoms with van der Waals surface area (Å²) in [6, 6.07) is 0. The minimum atomic E-state index is 0.631. The molecule has 2 fully saturated rings. The Balaban J connectivity index is 1.62. The van der Waals surface area contributed by atoms with Crippen molar-refractivity contribution in [2.24, 2.45) is 16.8 Å². The second-order valence-corrected chi connectivity index (χ2v) is 6.98. The van der Waals surface area contributed by atoms with Crippen LogP contribution in [0.1, 0.15) is 39.5 Å². The van der Waals surface area contributed by atoms with Crippen molar-refractivity contribution in [3.05, 3.63) is 0 Å². The number of nitrogens with one attached hydrogen (secondary N) is 1. The van der Waals surface area contributed by atoms with Crippen LogP contribution in [0, 0.1) is 11.8 Å². The van der Waals surface area contributed by atoms with Gasteiger partial charge < -0.3 is 24.4 Å². The topological polar surface area (TPSA) is 55.3 Å². The second kappa shape index (κ2) is 12.5. The Hall–Kier alpha value is -0.850. The van der Waals surface area contributed by atoms with Crippen LogP contribution < -0.4 is 5.32 Å². The molecular formula is C19H37N3O3. The van der Waals surface area contributed by atoms with E-state index in [0.29, 0.717) is 11.8 Å². The lowest BCUT2D eigenvalue weighted by Gasteiger charge is -2.22. The maximum absolute atomic E-state index is 5.83. The Labute approximate surface area is 153 Å². The number of ether oxygens (including phenoxy) is 3. The van der Waals surface area contributed by atoms with Crippen LogP contribution in [0.25, 0.3) is 0 Å². The molecule has 2 heterocycles. The molecule has 0 amide bonds. The molecule has 0 aliphatic carbocycles. The number of hydrogen-bond donors (Lipinski definition) is 1. The first kappa shape index (κ1) is 20.5. The zero-order valence-corrected chi connectivity index (χ0v) is 16.2. The number of likely N-dealkylation sites (tertiary alicyclic amines) is 1. The van der Waals surface area contributed by atoms with Gasteiger partial charge in [-0.1, -0.05) is 0 Å². The third kappa shape index (κ3) is 7.92. The first-order valence-electron chi connectivity index (χ1n) is 10.1. The summed E-state index contributed by atoms with van der Waals surface area (Å²) in [5.41, 5.74) is 0. The van der Waals surface area contributed by atoms with Gasteiger partial charge in [-0.2, -0.15) is 0 Å². The van der Waals surface area contributed by atoms with E-state index in [4.69, 9.17) is 19.2 Å². The van der Waals surface area contributed by atoms with Gasteiger partial charge in [-0.25, -0.2) is 0 Å². The highest BCUT2D eigenvalue weighted by Crippen LogP contribution is 2.17. The predicted octanol–water partition coefficient (Wildman–Crippen LogP) is 2.14. The molecule has 0 radical (unpaired) electrons. The van der Waals surface area contributed by atoms with Crippen LogP contribution in [-0.2, 0) is 14.2 Å². The Bertz CT molecular complexity index is 373. The van der Waals surface area contributed by atoms with Crippen molar-refractivity contribution in [1.82, 2.24) is 10.2 Å². The summed E-state index contributed by atoms with van der Waals surface area (Å²) in [7, 11) is 0. The molecule has 0 bridgehead atoms. The maximum Gasteiger partial charge on any atom is 0.193 e. The molecule has 146 valence electrons. The minimum Gasteiger partial charge on any atom is -0.381 e. The normalized spacial score (nSPS) is 22.6. The summed E-state index contributed by atoms with van der Waals surface area (Å²) in [5.74, 6) is 2.36. The number of guanidine groups is 1. The summed E-state index contributed by atoms with van der Waals surface area (Å²) in [4.78, 5) is 7.16. The first-order chi connectivity index (χ1) is 12.3. The molecule has 6 heteroatoms. The van der Waals surface area contributed by atoms with Crippen molar-refractivity contribution in [1.29, 1.82) is 0 Å². The van der Waals surface area contributed by atoms with Crippen molar-refractivity contribution < 1.29 is 14.2 Å². The number of hydrogen-bond acceptors (Lipinski definition) is 4. The quantitative estimate of drug-likeness (QED) is 0.370. The fraction of sp³-hybridized carbons (Fsp3) is 0.947. The second-order valence-electron chi connectivity index (χ2n) is 6.98. The van der Waals surface area contributed by atoms with E-state index in [1.54, 1.807) is 0 Å². The molecule has 2 rings (SSSR count). The lowest BCUT2D eigenvalue weighted by Crippen LogP contribution is -2.40. The molecule has 0 saturated carbocycles. The van der Waals surface area contributed by atoms with Crippen LogP contribution in [0.5, 0.6) is 0 Å². The molecule has 0 aromatic heterocycles. The molecule has 2 aliphatic rings. The van der Waals surface area contributed by atoms with E-state index >= 15 is 0 Å². The predicted molar refractivity (Wildman–Crippen MR) is 101 cm³/mol. The summed E-state index contributed by atoms with van der Waals surface area (Å²) in [6.45, 7) is 13.2. The van der Waals surface area contributed by atoms with Crippen LogP contribution in [0.4, 0.5) is 0 Å². The number of nitrogens with zero attached hydrogens (tertiary/aromatic N) is 2. The standard InChI is InChI=1S/C19H37N3O3/c1-3-20-19(22-10-6-18(14-22)16-23-4-2)21-9-5-11-25-15-17-7-12-24-13-8-17/h17-18H,3-16H2,1-2H3,(H,20,21). The molecule has 0 aromatic carbocycles. The van der Waals surface area contributed by atoms with E-state index in [1.165, 1.54) is 6.42 Å². The van der Waals surface area contributed by atoms with E-state index in [1.807, 2.05) is 0 Å². The Kier molecular flexibility index (Phi) is 10.2. The van der Waals surface area contributed by atoms with Gasteiger partial charge in [0, 0.05) is 65.1 Å². The molecule has 1 unspecified atom stereocenters. The van der Waals surface area contributed by atoms with Crippen LogP contribution >= 0.6 is 0 Å². The fourth-order valence-corrected chi connectivity index (χ4v) is 3.39. The van der Waals surface area contributed by atoms with Gasteiger partial charge in [0.25, 0.3) is 0 Å². The zero-order valence-electron chi connectivity index (χ0n) is 16.2. The van der Waals surface area contributed by atoms with Crippen molar-refractivity contribution in [3.8, 4) is 0 Å². The Morgan fingerprint density at radius 2 is 1.92 bits per heavy atom. The largest absolute Gasteiger partial charge is 0.381 e. The Morgan fingerprint density at radius 1 is 1.12 bits per heavy atom. The van der Waals surface area contributed by atoms with Gasteiger partial charge in [0.15, 0.2) is 5.96 Å². The molecule has 2 saturated heterocycles. The molecule has 25 heavy (non-hydrogen) atoms. The zero-order chi connectivity index (χ0) is 17.7. The average molecular weight is 356 g/mol. The molecule has 0 aromatic rings. The van der Waals surface area contributed by atoms with Crippen LogP contribution in [0.3, 0.4) is 0 Å². The molecule has 1 atom stereocenters. The van der Waals surface area contributed by atoms with Gasteiger partial charge in [0.05, 0.1) is 6.61 Å². The Morgan fingerprint density at radius 3 is 2.68 bits per heavy atom. The monoisotopic (exact) mass is 355 g/mol. The number of aliphatic imine (C=N–C) groups is 1. The summed E-state index contributed by atoms with van der Waals surface area (Å²) in [5, 5.41) is 3.42. The van der Waals surface area contributed by atoms with Gasteiger partial charge in [0.2, 0.25) is 0 Å². The van der Waals surface area contributed by atoms with E-state index in [-0.39, 0.29) is 0 Å². The molecule has 0 spiro atoms. The van der Waals surface area contributed by atoms with E-state index in [2.05, 4.69) is 24.1 Å². The van der Waals surface area contributed by atoms with Gasteiger partial charge in [-0.3, -0.25) is 4.99 Å². The highest BCUT2D eigenvalue weighted by molar-refractivity contribution is 5.80. The summed E-state index contributed by atoms with van der Waals surface area (Å²) >= 11 is 0. The van der Waals surface area contributed by atoms with Crippen molar-refractivity contribution in [2.45, 2.75) is 39.5 Å². The van der Waals surface area contributed by atoms with Gasteiger partial charge in [-0.05, 0) is 45.4 Å². The third-order valence-corrected chi connectivity index (χ3v) is 4.88. The van der Waals surface area contributed by atoms with E-state index < -0.39 is 0 Å². The highest BCUT2D eigenvalue weighted by Gasteiger charge is 2.24. The first-order valence-corrected chi connectivity index (χ1v) is 10.1. The van der Waals surface area contributed by atoms with Gasteiger partial charge >= 0.3 is 0 Å². The minimum absolute atomic E-state index is 0.631. The smallest absolute Gasteiger partial charge is 0.193 e. The van der Waals surface area contributed by atoms with Crippen molar-refractivity contribution in [2.75, 3.05) is 65.8 Å². The van der Waals surface area contributed by atoms with Crippen LogP contribution in [-0.4, -0.2) is 76.7 Å². The molecule has 6 nitrogen and oxygen atoms in total. The molecular weight excluding hydrogens is 318 g/mol.